The molecule has 8 heteroatoms. The highest BCUT2D eigenvalue weighted by Gasteiger charge is 2.13. The predicted molar refractivity (Wildman–Crippen MR) is 124 cm³/mol. The van der Waals surface area contributed by atoms with Gasteiger partial charge in [-0.15, -0.1) is 0 Å². The summed E-state index contributed by atoms with van der Waals surface area (Å²) in [6.07, 6.45) is 3.30. The number of ether oxygens (including phenoxy) is 3. The first-order chi connectivity index (χ1) is 16.1. The molecule has 0 saturated heterocycles. The summed E-state index contributed by atoms with van der Waals surface area (Å²) in [5.74, 6) is 2.75. The van der Waals surface area contributed by atoms with Crippen LogP contribution in [0.15, 0.2) is 79.1 Å². The fourth-order valence-electron chi connectivity index (χ4n) is 3.47. The number of rotatable bonds is 6. The van der Waals surface area contributed by atoms with Crippen LogP contribution in [0.3, 0.4) is 0 Å². The third kappa shape index (κ3) is 4.02. The van der Waals surface area contributed by atoms with Crippen molar-refractivity contribution in [2.24, 2.45) is 0 Å². The van der Waals surface area contributed by atoms with Crippen molar-refractivity contribution in [2.75, 3.05) is 12.5 Å². The lowest BCUT2D eigenvalue weighted by molar-refractivity contribution is 0.0985. The number of aromatic hydroxyl groups is 1. The Morgan fingerprint density at radius 1 is 0.697 bits per heavy atom. The second kappa shape index (κ2) is 8.52. The Balaban J connectivity index is 1.52. The number of benzene rings is 3. The smallest absolute Gasteiger partial charge is 0.186 e. The molecular formula is C25H19N3O5. The maximum atomic E-state index is 9.87. The van der Waals surface area contributed by atoms with E-state index >= 15 is 0 Å². The Labute approximate surface area is 188 Å². The third-order valence-electron chi connectivity index (χ3n) is 5.05. The third-order valence-corrected chi connectivity index (χ3v) is 5.05. The lowest BCUT2D eigenvalue weighted by atomic mass is 10.1. The summed E-state index contributed by atoms with van der Waals surface area (Å²) in [6, 6.07) is 19.0. The van der Waals surface area contributed by atoms with Crippen molar-refractivity contribution in [3.63, 3.8) is 0 Å². The Morgan fingerprint density at radius 2 is 1.24 bits per heavy atom. The van der Waals surface area contributed by atoms with E-state index in [-0.39, 0.29) is 18.2 Å². The summed E-state index contributed by atoms with van der Waals surface area (Å²) in [5, 5.41) is 20.3. The number of nitrogens with two attached hydrogens (primary N) is 1. The van der Waals surface area contributed by atoms with E-state index in [9.17, 15) is 5.11 Å². The average Bonchev–Trinajstić information content (AvgIpc) is 2.83. The first-order valence-electron chi connectivity index (χ1n) is 10.1. The maximum absolute atomic E-state index is 9.87. The van der Waals surface area contributed by atoms with Gasteiger partial charge in [0.1, 0.15) is 45.5 Å². The van der Waals surface area contributed by atoms with Gasteiger partial charge >= 0.3 is 0 Å². The van der Waals surface area contributed by atoms with Gasteiger partial charge in [0, 0.05) is 29.2 Å². The SMILES string of the molecule is Nc1ccc(Oc2ccnc3c2ccc2c(Oc4ccc(OCO)cc4)ccnc23)cc1O. The summed E-state index contributed by atoms with van der Waals surface area (Å²) >= 11 is 0. The molecule has 0 bridgehead atoms. The van der Waals surface area contributed by atoms with Crippen molar-refractivity contribution < 1.29 is 24.4 Å². The normalized spacial score (nSPS) is 10.9. The number of nitrogen functional groups attached to an aromatic ring is 1. The average molecular weight is 441 g/mol. The fourth-order valence-corrected chi connectivity index (χ4v) is 3.47. The first kappa shape index (κ1) is 20.3. The van der Waals surface area contributed by atoms with Gasteiger partial charge in [-0.25, -0.2) is 0 Å². The highest BCUT2D eigenvalue weighted by molar-refractivity contribution is 6.06. The van der Waals surface area contributed by atoms with E-state index in [2.05, 4.69) is 9.97 Å². The van der Waals surface area contributed by atoms with Crippen LogP contribution in [0.1, 0.15) is 0 Å². The molecule has 8 nitrogen and oxygen atoms in total. The minimum atomic E-state index is -0.388. The lowest BCUT2D eigenvalue weighted by Gasteiger charge is -2.12. The van der Waals surface area contributed by atoms with Gasteiger partial charge in [-0.1, -0.05) is 0 Å². The Morgan fingerprint density at radius 3 is 1.82 bits per heavy atom. The molecule has 0 unspecified atom stereocenters. The van der Waals surface area contributed by atoms with Crippen LogP contribution in [-0.4, -0.2) is 27.0 Å². The van der Waals surface area contributed by atoms with Gasteiger partial charge in [0.25, 0.3) is 0 Å². The summed E-state index contributed by atoms with van der Waals surface area (Å²) in [5.41, 5.74) is 7.27. The van der Waals surface area contributed by atoms with Crippen LogP contribution >= 0.6 is 0 Å². The fraction of sp³-hybridized carbons (Fsp3) is 0.0400. The van der Waals surface area contributed by atoms with Crippen LogP contribution < -0.4 is 19.9 Å². The number of aliphatic hydroxyl groups excluding tert-OH is 1. The van der Waals surface area contributed by atoms with Crippen LogP contribution in [-0.2, 0) is 0 Å². The number of hydrogen-bond acceptors (Lipinski definition) is 8. The molecule has 3 aromatic carbocycles. The van der Waals surface area contributed by atoms with Crippen molar-refractivity contribution in [2.45, 2.75) is 0 Å². The number of anilines is 1. The van der Waals surface area contributed by atoms with Crippen LogP contribution in [0.25, 0.3) is 21.8 Å². The zero-order valence-electron chi connectivity index (χ0n) is 17.3. The molecule has 0 aliphatic heterocycles. The first-order valence-corrected chi connectivity index (χ1v) is 10.1. The van der Waals surface area contributed by atoms with Gasteiger partial charge in [-0.2, -0.15) is 0 Å². The highest BCUT2D eigenvalue weighted by atomic mass is 16.6. The molecule has 4 N–H and O–H groups in total. The van der Waals surface area contributed by atoms with E-state index in [1.165, 1.54) is 6.07 Å². The van der Waals surface area contributed by atoms with Crippen LogP contribution in [0.2, 0.25) is 0 Å². The summed E-state index contributed by atoms with van der Waals surface area (Å²) < 4.78 is 17.1. The Bertz CT molecular complexity index is 1450. The van der Waals surface area contributed by atoms with Gasteiger partial charge in [0.2, 0.25) is 0 Å². The number of hydrogen-bond donors (Lipinski definition) is 3. The molecule has 2 heterocycles. The van der Waals surface area contributed by atoms with Crippen molar-refractivity contribution in [1.82, 2.24) is 9.97 Å². The monoisotopic (exact) mass is 441 g/mol. The second-order valence-corrected chi connectivity index (χ2v) is 7.15. The van der Waals surface area contributed by atoms with Crippen molar-refractivity contribution >= 4 is 27.5 Å². The number of nitrogens with zero attached hydrogens (tertiary/aromatic N) is 2. The van der Waals surface area contributed by atoms with Gasteiger partial charge in [0.05, 0.1) is 5.69 Å². The Hall–Kier alpha value is -4.56. The number of phenolic OH excluding ortho intramolecular Hbond substituents is 1. The van der Waals surface area contributed by atoms with Crippen molar-refractivity contribution in [3.05, 3.63) is 79.1 Å². The minimum absolute atomic E-state index is 0.0456. The van der Waals surface area contributed by atoms with Gasteiger partial charge in [-0.3, -0.25) is 9.97 Å². The molecule has 0 aliphatic carbocycles. The molecule has 0 radical (unpaired) electrons. The van der Waals surface area contributed by atoms with Crippen molar-refractivity contribution in [3.8, 4) is 34.5 Å². The molecule has 33 heavy (non-hydrogen) atoms. The van der Waals surface area contributed by atoms with Gasteiger partial charge in [0.15, 0.2) is 6.79 Å². The van der Waals surface area contributed by atoms with Crippen LogP contribution in [0, 0.1) is 0 Å². The van der Waals surface area contributed by atoms with E-state index in [1.807, 2.05) is 12.1 Å². The maximum Gasteiger partial charge on any atom is 0.186 e. The quantitative estimate of drug-likeness (QED) is 0.146. The summed E-state index contributed by atoms with van der Waals surface area (Å²) in [7, 11) is 0. The molecule has 5 aromatic rings. The van der Waals surface area contributed by atoms with Crippen LogP contribution in [0.4, 0.5) is 5.69 Å². The number of phenols is 1. The Kier molecular flexibility index (Phi) is 5.26. The molecular weight excluding hydrogens is 422 g/mol. The molecule has 0 aliphatic rings. The number of aliphatic hydroxyl groups is 1. The summed E-state index contributed by atoms with van der Waals surface area (Å²) in [6.45, 7) is -0.388. The molecule has 164 valence electrons. The van der Waals surface area contributed by atoms with E-state index in [1.54, 1.807) is 60.9 Å². The number of pyridine rings is 2. The largest absolute Gasteiger partial charge is 0.506 e. The van der Waals surface area contributed by atoms with E-state index in [0.717, 1.165) is 10.8 Å². The minimum Gasteiger partial charge on any atom is -0.506 e. The van der Waals surface area contributed by atoms with Crippen LogP contribution in [0.5, 0.6) is 34.5 Å². The zero-order valence-corrected chi connectivity index (χ0v) is 17.3. The highest BCUT2D eigenvalue weighted by Crippen LogP contribution is 2.37. The molecule has 0 amide bonds. The van der Waals surface area contributed by atoms with Gasteiger partial charge in [-0.05, 0) is 60.7 Å². The van der Waals surface area contributed by atoms with Crippen molar-refractivity contribution in [1.29, 1.82) is 0 Å². The molecule has 0 spiro atoms. The molecule has 0 saturated carbocycles. The van der Waals surface area contributed by atoms with E-state index < -0.39 is 0 Å². The number of fused-ring (bicyclic) bond motifs is 3. The standard InChI is InChI=1S/C25H19N3O5/c26-20-8-5-17(13-21(20)30)33-23-10-12-28-25-19(23)7-6-18-22(9-11-27-24(18)25)32-16-3-1-15(2-4-16)31-14-29/h1-13,29-30H,14,26H2. The number of aromatic nitrogens is 2. The lowest BCUT2D eigenvalue weighted by Crippen LogP contribution is -1.94. The zero-order chi connectivity index (χ0) is 22.8. The summed E-state index contributed by atoms with van der Waals surface area (Å²) in [4.78, 5) is 9.04. The molecule has 2 aromatic heterocycles. The van der Waals surface area contributed by atoms with E-state index in [4.69, 9.17) is 25.1 Å². The second-order valence-electron chi connectivity index (χ2n) is 7.15. The van der Waals surface area contributed by atoms with E-state index in [0.29, 0.717) is 39.8 Å². The molecule has 0 atom stereocenters. The topological polar surface area (TPSA) is 120 Å². The molecule has 0 fully saturated rings. The predicted octanol–water partition coefficient (Wildman–Crippen LogP) is 4.98. The van der Waals surface area contributed by atoms with Gasteiger partial charge < -0.3 is 30.2 Å². The molecule has 5 rings (SSSR count).